The lowest BCUT2D eigenvalue weighted by Crippen LogP contribution is -2.30. The highest BCUT2D eigenvalue weighted by molar-refractivity contribution is 6.32. The summed E-state index contributed by atoms with van der Waals surface area (Å²) in [6.45, 7) is 2.36. The number of rotatable bonds is 8. The van der Waals surface area contributed by atoms with Crippen LogP contribution >= 0.6 is 11.6 Å². The molecule has 0 heterocycles. The summed E-state index contributed by atoms with van der Waals surface area (Å²) in [6, 6.07) is 11.1. The Labute approximate surface area is 152 Å². The van der Waals surface area contributed by atoms with Crippen molar-refractivity contribution in [3.8, 4) is 17.2 Å². The molecule has 0 bridgehead atoms. The molecule has 1 amide bonds. The van der Waals surface area contributed by atoms with Gasteiger partial charge in [0, 0.05) is 6.54 Å². The van der Waals surface area contributed by atoms with Crippen molar-refractivity contribution < 1.29 is 19.0 Å². The molecule has 0 aliphatic carbocycles. The van der Waals surface area contributed by atoms with E-state index in [4.69, 9.17) is 25.8 Å². The molecule has 25 heavy (non-hydrogen) atoms. The van der Waals surface area contributed by atoms with Crippen molar-refractivity contribution >= 4 is 17.5 Å². The van der Waals surface area contributed by atoms with E-state index in [1.807, 2.05) is 31.2 Å². The average molecular weight is 364 g/mol. The molecule has 0 aliphatic heterocycles. The van der Waals surface area contributed by atoms with Crippen molar-refractivity contribution in [2.75, 3.05) is 27.4 Å². The van der Waals surface area contributed by atoms with Gasteiger partial charge in [-0.15, -0.1) is 0 Å². The molecular formula is C19H22ClNO4. The van der Waals surface area contributed by atoms with Crippen LogP contribution < -0.4 is 19.5 Å². The van der Waals surface area contributed by atoms with Gasteiger partial charge in [-0.05, 0) is 48.7 Å². The minimum atomic E-state index is -0.196. The van der Waals surface area contributed by atoms with E-state index >= 15 is 0 Å². The van der Waals surface area contributed by atoms with E-state index < -0.39 is 0 Å². The van der Waals surface area contributed by atoms with E-state index in [1.54, 1.807) is 26.4 Å². The first-order chi connectivity index (χ1) is 12.0. The van der Waals surface area contributed by atoms with Gasteiger partial charge < -0.3 is 19.5 Å². The summed E-state index contributed by atoms with van der Waals surface area (Å²) in [6.07, 6.45) is 0.678. The normalized spacial score (nSPS) is 10.2. The van der Waals surface area contributed by atoms with E-state index in [0.717, 1.165) is 11.1 Å². The average Bonchev–Trinajstić information content (AvgIpc) is 2.62. The number of carbonyl (C=O) groups excluding carboxylic acids is 1. The van der Waals surface area contributed by atoms with E-state index in [-0.39, 0.29) is 12.5 Å². The summed E-state index contributed by atoms with van der Waals surface area (Å²) in [4.78, 5) is 11.9. The summed E-state index contributed by atoms with van der Waals surface area (Å²) in [5.74, 6) is 1.66. The predicted molar refractivity (Wildman–Crippen MR) is 97.9 cm³/mol. The Morgan fingerprint density at radius 2 is 1.80 bits per heavy atom. The van der Waals surface area contributed by atoms with Crippen molar-refractivity contribution in [1.29, 1.82) is 0 Å². The maximum Gasteiger partial charge on any atom is 0.257 e. The van der Waals surface area contributed by atoms with Crippen LogP contribution in [-0.2, 0) is 11.2 Å². The number of nitrogens with one attached hydrogen (secondary N) is 1. The highest BCUT2D eigenvalue weighted by Crippen LogP contribution is 2.27. The number of benzene rings is 2. The number of carbonyl (C=O) groups is 1. The lowest BCUT2D eigenvalue weighted by molar-refractivity contribution is -0.123. The minimum Gasteiger partial charge on any atom is -0.493 e. The van der Waals surface area contributed by atoms with Crippen molar-refractivity contribution in [3.05, 3.63) is 52.5 Å². The molecule has 0 unspecified atom stereocenters. The number of hydrogen-bond donors (Lipinski definition) is 1. The second-order valence-electron chi connectivity index (χ2n) is 5.51. The fourth-order valence-electron chi connectivity index (χ4n) is 2.30. The molecule has 0 radical (unpaired) electrons. The molecule has 1 N–H and O–H groups in total. The van der Waals surface area contributed by atoms with Crippen LogP contribution in [0.5, 0.6) is 17.2 Å². The van der Waals surface area contributed by atoms with Crippen LogP contribution in [0, 0.1) is 6.92 Å². The van der Waals surface area contributed by atoms with Crippen LogP contribution in [0.25, 0.3) is 0 Å². The molecule has 6 heteroatoms. The SMILES string of the molecule is COc1ccc(CCNC(=O)COc2cc(C)ccc2Cl)cc1OC. The highest BCUT2D eigenvalue weighted by Gasteiger charge is 2.07. The quantitative estimate of drug-likeness (QED) is 0.781. The molecule has 5 nitrogen and oxygen atoms in total. The van der Waals surface area contributed by atoms with Crippen LogP contribution in [0.2, 0.25) is 5.02 Å². The molecule has 2 aromatic rings. The number of halogens is 1. The Hall–Kier alpha value is -2.40. The smallest absolute Gasteiger partial charge is 0.257 e. The Balaban J connectivity index is 1.79. The number of ether oxygens (including phenoxy) is 3. The second kappa shape index (κ2) is 9.18. The van der Waals surface area contributed by atoms with Gasteiger partial charge in [-0.2, -0.15) is 0 Å². The van der Waals surface area contributed by atoms with E-state index in [9.17, 15) is 4.79 Å². The van der Waals surface area contributed by atoms with Gasteiger partial charge in [0.2, 0.25) is 0 Å². The van der Waals surface area contributed by atoms with Gasteiger partial charge in [0.05, 0.1) is 19.2 Å². The Bertz CT molecular complexity index is 733. The minimum absolute atomic E-state index is 0.0743. The van der Waals surface area contributed by atoms with Gasteiger partial charge >= 0.3 is 0 Å². The molecular weight excluding hydrogens is 342 g/mol. The molecule has 134 valence electrons. The molecule has 0 saturated carbocycles. The van der Waals surface area contributed by atoms with E-state index in [2.05, 4.69) is 5.32 Å². The van der Waals surface area contributed by atoms with Crippen LogP contribution in [0.1, 0.15) is 11.1 Å². The van der Waals surface area contributed by atoms with E-state index in [1.165, 1.54) is 0 Å². The monoisotopic (exact) mass is 363 g/mol. The topological polar surface area (TPSA) is 56.8 Å². The first kappa shape index (κ1) is 18.9. The van der Waals surface area contributed by atoms with Crippen LogP contribution in [0.4, 0.5) is 0 Å². The van der Waals surface area contributed by atoms with Crippen molar-refractivity contribution in [3.63, 3.8) is 0 Å². The summed E-state index contributed by atoms with van der Waals surface area (Å²) >= 11 is 6.04. The van der Waals surface area contributed by atoms with Gasteiger partial charge in [-0.25, -0.2) is 0 Å². The van der Waals surface area contributed by atoms with Gasteiger partial charge in [-0.3, -0.25) is 4.79 Å². The van der Waals surface area contributed by atoms with E-state index in [0.29, 0.717) is 35.2 Å². The zero-order chi connectivity index (χ0) is 18.2. The van der Waals surface area contributed by atoms with Gasteiger partial charge in [0.25, 0.3) is 5.91 Å². The first-order valence-corrected chi connectivity index (χ1v) is 8.28. The van der Waals surface area contributed by atoms with Gasteiger partial charge in [-0.1, -0.05) is 23.7 Å². The lowest BCUT2D eigenvalue weighted by Gasteiger charge is -2.11. The summed E-state index contributed by atoms with van der Waals surface area (Å²) in [7, 11) is 3.19. The maximum atomic E-state index is 11.9. The number of aryl methyl sites for hydroxylation is 1. The van der Waals surface area contributed by atoms with Crippen molar-refractivity contribution in [1.82, 2.24) is 5.32 Å². The molecule has 0 fully saturated rings. The van der Waals surface area contributed by atoms with Crippen LogP contribution in [0.15, 0.2) is 36.4 Å². The third kappa shape index (κ3) is 5.57. The molecule has 2 aromatic carbocycles. The van der Waals surface area contributed by atoms with Crippen molar-refractivity contribution in [2.45, 2.75) is 13.3 Å². The predicted octanol–water partition coefficient (Wildman–Crippen LogP) is 3.40. The fourth-order valence-corrected chi connectivity index (χ4v) is 2.47. The van der Waals surface area contributed by atoms with Gasteiger partial charge in [0.1, 0.15) is 5.75 Å². The largest absolute Gasteiger partial charge is 0.493 e. The van der Waals surface area contributed by atoms with Crippen molar-refractivity contribution in [2.24, 2.45) is 0 Å². The third-order valence-corrected chi connectivity index (χ3v) is 3.94. The maximum absolute atomic E-state index is 11.9. The molecule has 0 aromatic heterocycles. The molecule has 0 spiro atoms. The zero-order valence-electron chi connectivity index (χ0n) is 14.6. The number of hydrogen-bond acceptors (Lipinski definition) is 4. The molecule has 0 atom stereocenters. The summed E-state index contributed by atoms with van der Waals surface area (Å²) in [5.41, 5.74) is 2.06. The first-order valence-electron chi connectivity index (χ1n) is 7.90. The molecule has 0 saturated heterocycles. The summed E-state index contributed by atoms with van der Waals surface area (Å²) < 4.78 is 15.9. The lowest BCUT2D eigenvalue weighted by atomic mass is 10.1. The van der Waals surface area contributed by atoms with Gasteiger partial charge in [0.15, 0.2) is 18.1 Å². The number of methoxy groups -OCH3 is 2. The Morgan fingerprint density at radius 3 is 2.52 bits per heavy atom. The summed E-state index contributed by atoms with van der Waals surface area (Å²) in [5, 5.41) is 3.31. The van der Waals surface area contributed by atoms with Crippen LogP contribution in [-0.4, -0.2) is 33.3 Å². The molecule has 0 aliphatic rings. The standard InChI is InChI=1S/C19H22ClNO4/c1-13-4-6-15(20)17(10-13)25-12-19(22)21-9-8-14-5-7-16(23-2)18(11-14)24-3/h4-7,10-11H,8-9,12H2,1-3H3,(H,21,22). The Morgan fingerprint density at radius 1 is 1.04 bits per heavy atom. The second-order valence-corrected chi connectivity index (χ2v) is 5.92. The third-order valence-electron chi connectivity index (χ3n) is 3.63. The highest BCUT2D eigenvalue weighted by atomic mass is 35.5. The number of amides is 1. The fraction of sp³-hybridized carbons (Fsp3) is 0.316. The zero-order valence-corrected chi connectivity index (χ0v) is 15.4. The molecule has 2 rings (SSSR count). The Kier molecular flexibility index (Phi) is 6.95. The van der Waals surface area contributed by atoms with Crippen LogP contribution in [0.3, 0.4) is 0 Å².